The fourth-order valence-electron chi connectivity index (χ4n) is 3.23. The number of nitrogens with one attached hydrogen (secondary N) is 1. The van der Waals surface area contributed by atoms with Crippen LogP contribution in [-0.4, -0.2) is 16.3 Å². The van der Waals surface area contributed by atoms with Crippen LogP contribution in [0.4, 0.5) is 13.2 Å². The Bertz CT molecular complexity index is 458. The van der Waals surface area contributed by atoms with Crippen LogP contribution in [0.3, 0.4) is 0 Å². The van der Waals surface area contributed by atoms with Crippen molar-refractivity contribution in [2.75, 3.05) is 6.54 Å². The smallest absolute Gasteiger partial charge is 0.312 e. The summed E-state index contributed by atoms with van der Waals surface area (Å²) in [7, 11) is 0. The predicted octanol–water partition coefficient (Wildman–Crippen LogP) is 3.05. The number of aromatic nitrogens is 2. The molecule has 2 heterocycles. The van der Waals surface area contributed by atoms with Crippen LogP contribution in [0.25, 0.3) is 0 Å². The van der Waals surface area contributed by atoms with Crippen molar-refractivity contribution in [2.45, 2.75) is 57.3 Å². The lowest BCUT2D eigenvalue weighted by Gasteiger charge is -2.25. The van der Waals surface area contributed by atoms with Crippen LogP contribution in [0.15, 0.2) is 0 Å². The van der Waals surface area contributed by atoms with Gasteiger partial charge in [0.15, 0.2) is 5.69 Å². The summed E-state index contributed by atoms with van der Waals surface area (Å²) in [4.78, 5) is 0. The molecule has 3 nitrogen and oxygen atoms in total. The molecule has 1 fully saturated rings. The highest BCUT2D eigenvalue weighted by molar-refractivity contribution is 5.31. The number of halogens is 3. The highest BCUT2D eigenvalue weighted by Gasteiger charge is 2.40. The van der Waals surface area contributed by atoms with E-state index in [2.05, 4.69) is 10.4 Å². The van der Waals surface area contributed by atoms with Crippen molar-refractivity contribution in [2.24, 2.45) is 0 Å². The van der Waals surface area contributed by atoms with E-state index in [-0.39, 0.29) is 12.6 Å². The van der Waals surface area contributed by atoms with Crippen molar-refractivity contribution < 1.29 is 13.2 Å². The second-order valence-electron chi connectivity index (χ2n) is 5.43. The van der Waals surface area contributed by atoms with E-state index in [0.29, 0.717) is 12.0 Å². The summed E-state index contributed by atoms with van der Waals surface area (Å²) >= 11 is 0. The van der Waals surface area contributed by atoms with E-state index in [0.717, 1.165) is 37.9 Å². The number of rotatable bonds is 1. The molecular formula is C13H18F3N3. The van der Waals surface area contributed by atoms with Gasteiger partial charge in [-0.2, -0.15) is 18.3 Å². The zero-order chi connectivity index (χ0) is 13.5. The van der Waals surface area contributed by atoms with Gasteiger partial charge in [0.05, 0.1) is 6.04 Å². The lowest BCUT2D eigenvalue weighted by atomic mass is 9.95. The fraction of sp³-hybridized carbons (Fsp3) is 0.769. The molecule has 6 heteroatoms. The maximum Gasteiger partial charge on any atom is 0.435 e. The fourth-order valence-corrected chi connectivity index (χ4v) is 3.23. The summed E-state index contributed by atoms with van der Waals surface area (Å²) < 4.78 is 40.9. The van der Waals surface area contributed by atoms with E-state index in [9.17, 15) is 13.2 Å². The lowest BCUT2D eigenvalue weighted by Crippen LogP contribution is -2.27. The quantitative estimate of drug-likeness (QED) is 0.852. The van der Waals surface area contributed by atoms with Crippen LogP contribution in [0.5, 0.6) is 0 Å². The number of nitrogens with zero attached hydrogens (tertiary/aromatic N) is 2. The van der Waals surface area contributed by atoms with Gasteiger partial charge in [-0.15, -0.1) is 0 Å². The summed E-state index contributed by atoms with van der Waals surface area (Å²) in [6.07, 6.45) is 1.60. The van der Waals surface area contributed by atoms with Crippen molar-refractivity contribution in [1.82, 2.24) is 15.1 Å². The van der Waals surface area contributed by atoms with Crippen molar-refractivity contribution in [3.05, 3.63) is 17.0 Å². The third kappa shape index (κ3) is 2.38. The number of hydrogen-bond donors (Lipinski definition) is 1. The molecule has 2 aliphatic rings. The molecule has 3 rings (SSSR count). The molecule has 0 amide bonds. The Labute approximate surface area is 110 Å². The maximum atomic E-state index is 13.1. The summed E-state index contributed by atoms with van der Waals surface area (Å²) in [6.45, 7) is 1.03. The minimum atomic E-state index is -4.34. The van der Waals surface area contributed by atoms with E-state index >= 15 is 0 Å². The molecule has 1 aliphatic carbocycles. The van der Waals surface area contributed by atoms with Gasteiger partial charge in [0, 0.05) is 30.8 Å². The summed E-state index contributed by atoms with van der Waals surface area (Å²) in [6, 6.07) is 0.164. The Morgan fingerprint density at radius 3 is 2.58 bits per heavy atom. The molecule has 0 bridgehead atoms. The first kappa shape index (κ1) is 13.0. The van der Waals surface area contributed by atoms with E-state index in [1.165, 1.54) is 6.42 Å². The van der Waals surface area contributed by atoms with Gasteiger partial charge in [-0.05, 0) is 12.8 Å². The van der Waals surface area contributed by atoms with Gasteiger partial charge in [-0.3, -0.25) is 4.68 Å². The Balaban J connectivity index is 2.01. The number of hydrogen-bond acceptors (Lipinski definition) is 2. The first-order chi connectivity index (χ1) is 9.07. The second-order valence-corrected chi connectivity index (χ2v) is 5.43. The van der Waals surface area contributed by atoms with Gasteiger partial charge in [-0.1, -0.05) is 19.3 Å². The summed E-state index contributed by atoms with van der Waals surface area (Å²) in [5.74, 6) is 0. The van der Waals surface area contributed by atoms with Crippen LogP contribution in [0.2, 0.25) is 0 Å². The van der Waals surface area contributed by atoms with Crippen molar-refractivity contribution in [1.29, 1.82) is 0 Å². The van der Waals surface area contributed by atoms with Crippen molar-refractivity contribution >= 4 is 0 Å². The lowest BCUT2D eigenvalue weighted by molar-refractivity contribution is -0.142. The first-order valence-electron chi connectivity index (χ1n) is 6.95. The molecule has 0 radical (unpaired) electrons. The monoisotopic (exact) mass is 273 g/mol. The number of alkyl halides is 3. The van der Waals surface area contributed by atoms with Gasteiger partial charge >= 0.3 is 6.18 Å². The van der Waals surface area contributed by atoms with Gasteiger partial charge in [-0.25, -0.2) is 0 Å². The van der Waals surface area contributed by atoms with Crippen LogP contribution in [-0.2, 0) is 19.1 Å². The molecule has 106 valence electrons. The molecule has 0 spiro atoms. The highest BCUT2D eigenvalue weighted by Crippen LogP contribution is 2.37. The average Bonchev–Trinajstić information content (AvgIpc) is 2.79. The van der Waals surface area contributed by atoms with Crippen molar-refractivity contribution in [3.63, 3.8) is 0 Å². The summed E-state index contributed by atoms with van der Waals surface area (Å²) in [5.41, 5.74) is 0.488. The third-order valence-electron chi connectivity index (χ3n) is 4.15. The average molecular weight is 273 g/mol. The summed E-state index contributed by atoms with van der Waals surface area (Å²) in [5, 5.41) is 6.95. The minimum Gasteiger partial charge on any atom is -0.312 e. The standard InChI is InChI=1S/C13H18F3N3/c14-13(15,16)12-10-8-17-7-6-11(10)19(18-12)9-4-2-1-3-5-9/h9,17H,1-8H2. The molecule has 1 aliphatic heterocycles. The molecule has 0 unspecified atom stereocenters. The zero-order valence-electron chi connectivity index (χ0n) is 10.8. The molecule has 0 saturated heterocycles. The van der Waals surface area contributed by atoms with Crippen LogP contribution < -0.4 is 5.32 Å². The predicted molar refractivity (Wildman–Crippen MR) is 64.8 cm³/mol. The van der Waals surface area contributed by atoms with Crippen LogP contribution in [0, 0.1) is 0 Å². The SMILES string of the molecule is FC(F)(F)c1nn(C2CCCCC2)c2c1CNCC2. The molecule has 1 aromatic rings. The van der Waals surface area contributed by atoms with Crippen molar-refractivity contribution in [3.8, 4) is 0 Å². The van der Waals surface area contributed by atoms with E-state index < -0.39 is 11.9 Å². The van der Waals surface area contributed by atoms with E-state index in [1.54, 1.807) is 4.68 Å². The Morgan fingerprint density at radius 1 is 1.16 bits per heavy atom. The Morgan fingerprint density at radius 2 is 1.89 bits per heavy atom. The van der Waals surface area contributed by atoms with E-state index in [1.807, 2.05) is 0 Å². The first-order valence-corrected chi connectivity index (χ1v) is 6.95. The minimum absolute atomic E-state index is 0.164. The zero-order valence-corrected chi connectivity index (χ0v) is 10.8. The normalized spacial score (nSPS) is 21.4. The molecule has 19 heavy (non-hydrogen) atoms. The molecule has 1 N–H and O–H groups in total. The molecular weight excluding hydrogens is 255 g/mol. The highest BCUT2D eigenvalue weighted by atomic mass is 19.4. The largest absolute Gasteiger partial charge is 0.435 e. The maximum absolute atomic E-state index is 13.1. The van der Waals surface area contributed by atoms with Gasteiger partial charge in [0.1, 0.15) is 0 Å². The Hall–Kier alpha value is -1.04. The molecule has 1 aromatic heterocycles. The van der Waals surface area contributed by atoms with E-state index in [4.69, 9.17) is 0 Å². The van der Waals surface area contributed by atoms with Gasteiger partial charge in [0.25, 0.3) is 0 Å². The van der Waals surface area contributed by atoms with Crippen LogP contribution >= 0.6 is 0 Å². The number of fused-ring (bicyclic) bond motifs is 1. The second kappa shape index (κ2) is 4.81. The Kier molecular flexibility index (Phi) is 3.28. The third-order valence-corrected chi connectivity index (χ3v) is 4.15. The van der Waals surface area contributed by atoms with Gasteiger partial charge in [0.2, 0.25) is 0 Å². The van der Waals surface area contributed by atoms with Gasteiger partial charge < -0.3 is 5.32 Å². The molecule has 1 saturated carbocycles. The molecule has 0 atom stereocenters. The molecule has 0 aromatic carbocycles. The van der Waals surface area contributed by atoms with Crippen LogP contribution in [0.1, 0.15) is 55.1 Å². The topological polar surface area (TPSA) is 29.9 Å².